The van der Waals surface area contributed by atoms with E-state index in [0.717, 1.165) is 4.88 Å². The molecule has 0 radical (unpaired) electrons. The Balaban J connectivity index is 2.04. The van der Waals surface area contributed by atoms with Gasteiger partial charge in [-0.15, -0.1) is 11.3 Å². The number of esters is 1. The highest BCUT2D eigenvalue weighted by molar-refractivity contribution is 7.09. The van der Waals surface area contributed by atoms with Crippen molar-refractivity contribution in [1.29, 1.82) is 0 Å². The van der Waals surface area contributed by atoms with Gasteiger partial charge in [0.1, 0.15) is 11.8 Å². The van der Waals surface area contributed by atoms with E-state index >= 15 is 0 Å². The van der Waals surface area contributed by atoms with Crippen LogP contribution in [0.3, 0.4) is 0 Å². The van der Waals surface area contributed by atoms with Gasteiger partial charge in [-0.25, -0.2) is 9.78 Å². The fourth-order valence-electron chi connectivity index (χ4n) is 1.36. The molecule has 88 valence electrons. The number of carbonyl (C=O) groups excluding carboxylic acids is 1. The molecule has 0 bridgehead atoms. The Morgan fingerprint density at radius 3 is 3.00 bits per heavy atom. The molecule has 0 aliphatic heterocycles. The van der Waals surface area contributed by atoms with Crippen LogP contribution in [0.1, 0.15) is 20.9 Å². The quantitative estimate of drug-likeness (QED) is 0.631. The predicted octanol–water partition coefficient (Wildman–Crippen LogP) is 3.46. The Morgan fingerprint density at radius 1 is 1.53 bits per heavy atom. The minimum atomic E-state index is -0.384. The van der Waals surface area contributed by atoms with Crippen LogP contribution in [0.4, 0.5) is 0 Å². The summed E-state index contributed by atoms with van der Waals surface area (Å²) in [6.07, 6.45) is 0. The first-order chi connectivity index (χ1) is 8.15. The Morgan fingerprint density at radius 2 is 2.35 bits per heavy atom. The molecule has 0 saturated carbocycles. The zero-order chi connectivity index (χ0) is 12.3. The van der Waals surface area contributed by atoms with Crippen molar-refractivity contribution in [3.63, 3.8) is 0 Å². The molecule has 0 unspecified atom stereocenters. The second-order valence-corrected chi connectivity index (χ2v) is 4.89. The molecular formula is C12H10ClNO2S. The third kappa shape index (κ3) is 3.28. The van der Waals surface area contributed by atoms with Crippen molar-refractivity contribution in [2.75, 3.05) is 0 Å². The number of ether oxygens (including phenoxy) is 1. The van der Waals surface area contributed by atoms with Gasteiger partial charge < -0.3 is 4.74 Å². The zero-order valence-corrected chi connectivity index (χ0v) is 10.7. The first-order valence-electron chi connectivity index (χ1n) is 4.99. The standard InChI is InChI=1S/C12H10ClNO2S/c1-8-5-9(6-11(13)14-8)12(15)16-7-10-3-2-4-17-10/h2-6H,7H2,1H3. The smallest absolute Gasteiger partial charge is 0.338 e. The molecule has 3 nitrogen and oxygen atoms in total. The van der Waals surface area contributed by atoms with Gasteiger partial charge in [-0.05, 0) is 30.5 Å². The maximum absolute atomic E-state index is 11.7. The number of hydrogen-bond acceptors (Lipinski definition) is 4. The van der Waals surface area contributed by atoms with Crippen LogP contribution in [-0.2, 0) is 11.3 Å². The maximum Gasteiger partial charge on any atom is 0.338 e. The number of halogens is 1. The zero-order valence-electron chi connectivity index (χ0n) is 9.14. The van der Waals surface area contributed by atoms with E-state index in [4.69, 9.17) is 16.3 Å². The van der Waals surface area contributed by atoms with Crippen LogP contribution >= 0.6 is 22.9 Å². The van der Waals surface area contributed by atoms with Crippen LogP contribution in [0.25, 0.3) is 0 Å². The molecule has 2 aromatic heterocycles. The van der Waals surface area contributed by atoms with Crippen molar-refractivity contribution < 1.29 is 9.53 Å². The highest BCUT2D eigenvalue weighted by Gasteiger charge is 2.09. The maximum atomic E-state index is 11.7. The highest BCUT2D eigenvalue weighted by Crippen LogP contribution is 2.14. The number of hydrogen-bond donors (Lipinski definition) is 0. The number of aromatic nitrogens is 1. The van der Waals surface area contributed by atoms with E-state index in [1.165, 1.54) is 6.07 Å². The molecule has 0 amide bonds. The number of carbonyl (C=O) groups is 1. The van der Waals surface area contributed by atoms with Gasteiger partial charge in [0, 0.05) is 10.6 Å². The summed E-state index contributed by atoms with van der Waals surface area (Å²) in [7, 11) is 0. The summed E-state index contributed by atoms with van der Waals surface area (Å²) < 4.78 is 5.17. The van der Waals surface area contributed by atoms with E-state index in [1.807, 2.05) is 17.5 Å². The van der Waals surface area contributed by atoms with Crippen LogP contribution in [0.15, 0.2) is 29.6 Å². The van der Waals surface area contributed by atoms with Crippen LogP contribution < -0.4 is 0 Å². The molecule has 2 rings (SSSR count). The minimum Gasteiger partial charge on any atom is -0.456 e. The molecular weight excluding hydrogens is 258 g/mol. The fraction of sp³-hybridized carbons (Fsp3) is 0.167. The van der Waals surface area contributed by atoms with Crippen molar-refractivity contribution >= 4 is 28.9 Å². The lowest BCUT2D eigenvalue weighted by Crippen LogP contribution is -2.05. The second kappa shape index (κ2) is 5.29. The van der Waals surface area contributed by atoms with E-state index < -0.39 is 0 Å². The Hall–Kier alpha value is -1.39. The summed E-state index contributed by atoms with van der Waals surface area (Å²) in [6.45, 7) is 2.07. The van der Waals surface area contributed by atoms with Crippen LogP contribution in [0, 0.1) is 6.92 Å². The highest BCUT2D eigenvalue weighted by atomic mass is 35.5. The molecule has 0 saturated heterocycles. The normalized spacial score (nSPS) is 10.2. The van der Waals surface area contributed by atoms with Gasteiger partial charge in [0.15, 0.2) is 0 Å². The van der Waals surface area contributed by atoms with Gasteiger partial charge in [-0.1, -0.05) is 17.7 Å². The van der Waals surface area contributed by atoms with E-state index in [2.05, 4.69) is 4.98 Å². The van der Waals surface area contributed by atoms with Gasteiger partial charge in [-0.2, -0.15) is 0 Å². The lowest BCUT2D eigenvalue weighted by Gasteiger charge is -2.04. The van der Waals surface area contributed by atoms with Crippen molar-refractivity contribution in [3.05, 3.63) is 50.9 Å². The minimum absolute atomic E-state index is 0.287. The van der Waals surface area contributed by atoms with Crippen molar-refractivity contribution in [2.24, 2.45) is 0 Å². The number of rotatable bonds is 3. The van der Waals surface area contributed by atoms with Gasteiger partial charge in [-0.3, -0.25) is 0 Å². The largest absolute Gasteiger partial charge is 0.456 e. The van der Waals surface area contributed by atoms with Gasteiger partial charge >= 0.3 is 5.97 Å². The molecule has 0 aromatic carbocycles. The molecule has 0 aliphatic carbocycles. The van der Waals surface area contributed by atoms with E-state index in [1.54, 1.807) is 24.3 Å². The molecule has 0 N–H and O–H groups in total. The predicted molar refractivity (Wildman–Crippen MR) is 67.4 cm³/mol. The Bertz CT molecular complexity index is 505. The monoisotopic (exact) mass is 267 g/mol. The second-order valence-electron chi connectivity index (χ2n) is 3.48. The average Bonchev–Trinajstić information content (AvgIpc) is 2.77. The van der Waals surface area contributed by atoms with Crippen LogP contribution in [-0.4, -0.2) is 11.0 Å². The average molecular weight is 268 g/mol. The van der Waals surface area contributed by atoms with E-state index in [-0.39, 0.29) is 12.6 Å². The van der Waals surface area contributed by atoms with Gasteiger partial charge in [0.2, 0.25) is 0 Å². The number of thiophene rings is 1. The molecule has 0 aliphatic rings. The number of pyridine rings is 1. The lowest BCUT2D eigenvalue weighted by molar-refractivity contribution is 0.0476. The molecule has 2 heterocycles. The summed E-state index contributed by atoms with van der Waals surface area (Å²) in [5.74, 6) is -0.384. The number of aryl methyl sites for hydroxylation is 1. The van der Waals surface area contributed by atoms with Crippen molar-refractivity contribution in [1.82, 2.24) is 4.98 Å². The van der Waals surface area contributed by atoms with E-state index in [9.17, 15) is 4.79 Å². The summed E-state index contributed by atoms with van der Waals surface area (Å²) in [4.78, 5) is 16.7. The molecule has 5 heteroatoms. The molecule has 0 fully saturated rings. The molecule has 17 heavy (non-hydrogen) atoms. The fourth-order valence-corrected chi connectivity index (χ4v) is 2.23. The van der Waals surface area contributed by atoms with Crippen LogP contribution in [0.2, 0.25) is 5.15 Å². The summed E-state index contributed by atoms with van der Waals surface area (Å²) in [6, 6.07) is 7.00. The topological polar surface area (TPSA) is 39.2 Å². The third-order valence-electron chi connectivity index (χ3n) is 2.08. The first-order valence-corrected chi connectivity index (χ1v) is 6.24. The Labute approximate surface area is 108 Å². The summed E-state index contributed by atoms with van der Waals surface area (Å²) in [5.41, 5.74) is 1.12. The Kier molecular flexibility index (Phi) is 3.76. The van der Waals surface area contributed by atoms with Crippen molar-refractivity contribution in [3.8, 4) is 0 Å². The van der Waals surface area contributed by atoms with Crippen LogP contribution in [0.5, 0.6) is 0 Å². The molecule has 2 aromatic rings. The summed E-state index contributed by atoms with van der Waals surface area (Å²) >= 11 is 7.33. The third-order valence-corrected chi connectivity index (χ3v) is 3.13. The van der Waals surface area contributed by atoms with Crippen molar-refractivity contribution in [2.45, 2.75) is 13.5 Å². The molecule has 0 spiro atoms. The first kappa shape index (κ1) is 12.1. The number of nitrogens with zero attached hydrogens (tertiary/aromatic N) is 1. The molecule has 0 atom stereocenters. The summed E-state index contributed by atoms with van der Waals surface area (Å²) in [5, 5.41) is 2.24. The lowest BCUT2D eigenvalue weighted by atomic mass is 10.2. The SMILES string of the molecule is Cc1cc(C(=O)OCc2cccs2)cc(Cl)n1. The van der Waals surface area contributed by atoms with E-state index in [0.29, 0.717) is 16.4 Å². The van der Waals surface area contributed by atoms with Gasteiger partial charge in [0.05, 0.1) is 5.56 Å². The van der Waals surface area contributed by atoms with Gasteiger partial charge in [0.25, 0.3) is 0 Å².